The van der Waals surface area contributed by atoms with E-state index in [4.69, 9.17) is 0 Å². The summed E-state index contributed by atoms with van der Waals surface area (Å²) < 4.78 is 38.8. The standard InChI is InChI=1S/C13H10F3N3/c14-13(15,16)10-3-1-4-11-9(10)5-8-19(11)12-17-6-2-7-18-12/h1-4,6-7H,5,8H2. The fourth-order valence-corrected chi connectivity index (χ4v) is 2.34. The Morgan fingerprint density at radius 1 is 1.05 bits per heavy atom. The van der Waals surface area contributed by atoms with Gasteiger partial charge in [0.2, 0.25) is 5.95 Å². The molecule has 0 unspecified atom stereocenters. The molecular formula is C13H10F3N3. The second kappa shape index (κ2) is 4.22. The zero-order chi connectivity index (χ0) is 13.5. The van der Waals surface area contributed by atoms with Crippen LogP contribution in [0.3, 0.4) is 0 Å². The first kappa shape index (κ1) is 12.0. The Hall–Kier alpha value is -2.11. The lowest BCUT2D eigenvalue weighted by Crippen LogP contribution is -2.16. The highest BCUT2D eigenvalue weighted by Gasteiger charge is 2.37. The first-order chi connectivity index (χ1) is 9.07. The molecular weight excluding hydrogens is 255 g/mol. The average molecular weight is 265 g/mol. The molecule has 2 heterocycles. The van der Waals surface area contributed by atoms with Gasteiger partial charge in [0, 0.05) is 24.6 Å². The van der Waals surface area contributed by atoms with E-state index in [9.17, 15) is 13.2 Å². The van der Waals surface area contributed by atoms with Crippen molar-refractivity contribution >= 4 is 11.6 Å². The summed E-state index contributed by atoms with van der Waals surface area (Å²) in [6.07, 6.45) is -0.815. The number of fused-ring (bicyclic) bond motifs is 1. The molecule has 1 aromatic carbocycles. The smallest absolute Gasteiger partial charge is 0.310 e. The minimum Gasteiger partial charge on any atom is -0.310 e. The van der Waals surface area contributed by atoms with Gasteiger partial charge in [-0.3, -0.25) is 0 Å². The van der Waals surface area contributed by atoms with Gasteiger partial charge in [0.15, 0.2) is 0 Å². The average Bonchev–Trinajstić information content (AvgIpc) is 2.82. The van der Waals surface area contributed by atoms with Gasteiger partial charge in [0.1, 0.15) is 0 Å². The maximum Gasteiger partial charge on any atom is 0.416 e. The lowest BCUT2D eigenvalue weighted by molar-refractivity contribution is -0.138. The number of alkyl halides is 3. The molecule has 0 fully saturated rings. The summed E-state index contributed by atoms with van der Waals surface area (Å²) in [4.78, 5) is 9.88. The maximum absolute atomic E-state index is 12.9. The molecule has 3 nitrogen and oxygen atoms in total. The van der Waals surface area contributed by atoms with Crippen LogP contribution in [0.15, 0.2) is 36.7 Å². The van der Waals surface area contributed by atoms with E-state index in [-0.39, 0.29) is 0 Å². The van der Waals surface area contributed by atoms with Gasteiger partial charge in [-0.1, -0.05) is 6.07 Å². The summed E-state index contributed by atoms with van der Waals surface area (Å²) in [5.74, 6) is 0.431. The van der Waals surface area contributed by atoms with E-state index in [1.165, 1.54) is 6.07 Å². The minimum atomic E-state index is -4.32. The molecule has 0 spiro atoms. The fourth-order valence-electron chi connectivity index (χ4n) is 2.34. The molecule has 3 rings (SSSR count). The summed E-state index contributed by atoms with van der Waals surface area (Å²) in [7, 11) is 0. The first-order valence-corrected chi connectivity index (χ1v) is 5.81. The molecule has 0 aliphatic carbocycles. The number of nitrogens with zero attached hydrogens (tertiary/aromatic N) is 3. The van der Waals surface area contributed by atoms with E-state index < -0.39 is 11.7 Å². The van der Waals surface area contributed by atoms with Crippen molar-refractivity contribution in [1.82, 2.24) is 9.97 Å². The Balaban J connectivity index is 2.08. The zero-order valence-electron chi connectivity index (χ0n) is 9.85. The van der Waals surface area contributed by atoms with Gasteiger partial charge in [-0.05, 0) is 30.2 Å². The van der Waals surface area contributed by atoms with Crippen LogP contribution < -0.4 is 4.90 Å². The molecule has 0 radical (unpaired) electrons. The van der Waals surface area contributed by atoms with Crippen molar-refractivity contribution in [1.29, 1.82) is 0 Å². The van der Waals surface area contributed by atoms with Crippen LogP contribution in [0.4, 0.5) is 24.8 Å². The summed E-state index contributed by atoms with van der Waals surface area (Å²) in [6, 6.07) is 5.89. The van der Waals surface area contributed by atoms with Gasteiger partial charge in [-0.25, -0.2) is 9.97 Å². The number of benzene rings is 1. The number of hydrogen-bond donors (Lipinski definition) is 0. The van der Waals surface area contributed by atoms with Crippen LogP contribution in [0.5, 0.6) is 0 Å². The van der Waals surface area contributed by atoms with Gasteiger partial charge in [0.25, 0.3) is 0 Å². The highest BCUT2D eigenvalue weighted by Crippen LogP contribution is 2.41. The molecule has 0 N–H and O–H groups in total. The highest BCUT2D eigenvalue weighted by atomic mass is 19.4. The van der Waals surface area contributed by atoms with E-state index in [0.717, 1.165) is 6.07 Å². The predicted octanol–water partition coefficient (Wildman–Crippen LogP) is 3.19. The van der Waals surface area contributed by atoms with Crippen LogP contribution in [-0.2, 0) is 12.6 Å². The summed E-state index contributed by atoms with van der Waals surface area (Å²) in [6.45, 7) is 0.465. The lowest BCUT2D eigenvalue weighted by atomic mass is 10.0. The second-order valence-corrected chi connectivity index (χ2v) is 4.25. The predicted molar refractivity (Wildman–Crippen MR) is 64.2 cm³/mol. The molecule has 0 saturated heterocycles. The van der Waals surface area contributed by atoms with Gasteiger partial charge in [-0.2, -0.15) is 13.2 Å². The Labute approximate surface area is 107 Å². The van der Waals surface area contributed by atoms with E-state index in [1.54, 1.807) is 29.4 Å². The van der Waals surface area contributed by atoms with Gasteiger partial charge < -0.3 is 4.90 Å². The van der Waals surface area contributed by atoms with Crippen LogP contribution in [-0.4, -0.2) is 16.5 Å². The normalized spacial score (nSPS) is 14.6. The number of rotatable bonds is 1. The molecule has 19 heavy (non-hydrogen) atoms. The molecule has 1 aromatic heterocycles. The van der Waals surface area contributed by atoms with Crippen molar-refractivity contribution in [3.05, 3.63) is 47.8 Å². The van der Waals surface area contributed by atoms with Crippen LogP contribution in [0, 0.1) is 0 Å². The molecule has 0 atom stereocenters. The molecule has 1 aliphatic heterocycles. The summed E-state index contributed by atoms with van der Waals surface area (Å²) in [5, 5.41) is 0. The number of aromatic nitrogens is 2. The van der Waals surface area contributed by atoms with Gasteiger partial charge >= 0.3 is 6.18 Å². The topological polar surface area (TPSA) is 29.0 Å². The Morgan fingerprint density at radius 3 is 2.47 bits per heavy atom. The van der Waals surface area contributed by atoms with Gasteiger partial charge in [0.05, 0.1) is 5.56 Å². The third-order valence-electron chi connectivity index (χ3n) is 3.13. The monoisotopic (exact) mass is 265 g/mol. The number of anilines is 2. The fraction of sp³-hybridized carbons (Fsp3) is 0.231. The molecule has 98 valence electrons. The molecule has 0 bridgehead atoms. The van der Waals surface area contributed by atoms with Crippen LogP contribution in [0.2, 0.25) is 0 Å². The quantitative estimate of drug-likeness (QED) is 0.793. The maximum atomic E-state index is 12.9. The van der Waals surface area contributed by atoms with Crippen molar-refractivity contribution < 1.29 is 13.2 Å². The zero-order valence-corrected chi connectivity index (χ0v) is 9.85. The first-order valence-electron chi connectivity index (χ1n) is 5.81. The van der Waals surface area contributed by atoms with E-state index in [0.29, 0.717) is 30.2 Å². The highest BCUT2D eigenvalue weighted by molar-refractivity contribution is 5.67. The van der Waals surface area contributed by atoms with Crippen molar-refractivity contribution in [3.63, 3.8) is 0 Å². The van der Waals surface area contributed by atoms with E-state index >= 15 is 0 Å². The largest absolute Gasteiger partial charge is 0.416 e. The lowest BCUT2D eigenvalue weighted by Gasteiger charge is -2.17. The third kappa shape index (κ3) is 2.03. The Kier molecular flexibility index (Phi) is 2.66. The van der Waals surface area contributed by atoms with Crippen molar-refractivity contribution in [2.45, 2.75) is 12.6 Å². The SMILES string of the molecule is FC(F)(F)c1cccc2c1CCN2c1ncccn1. The van der Waals surface area contributed by atoms with Crippen molar-refractivity contribution in [3.8, 4) is 0 Å². The van der Waals surface area contributed by atoms with Crippen LogP contribution >= 0.6 is 0 Å². The Morgan fingerprint density at radius 2 is 1.79 bits per heavy atom. The second-order valence-electron chi connectivity index (χ2n) is 4.25. The van der Waals surface area contributed by atoms with Crippen molar-refractivity contribution in [2.24, 2.45) is 0 Å². The molecule has 0 saturated carbocycles. The van der Waals surface area contributed by atoms with Crippen LogP contribution in [0.25, 0.3) is 0 Å². The van der Waals surface area contributed by atoms with Crippen molar-refractivity contribution in [2.75, 3.05) is 11.4 Å². The third-order valence-corrected chi connectivity index (χ3v) is 3.13. The molecule has 0 amide bonds. The van der Waals surface area contributed by atoms with Gasteiger partial charge in [-0.15, -0.1) is 0 Å². The molecule has 1 aliphatic rings. The van der Waals surface area contributed by atoms with Crippen LogP contribution in [0.1, 0.15) is 11.1 Å². The summed E-state index contributed by atoms with van der Waals surface area (Å²) >= 11 is 0. The molecule has 2 aromatic rings. The summed E-state index contributed by atoms with van der Waals surface area (Å²) in [5.41, 5.74) is 0.298. The van der Waals surface area contributed by atoms with E-state index in [1.807, 2.05) is 0 Å². The van der Waals surface area contributed by atoms with E-state index in [2.05, 4.69) is 9.97 Å². The number of halogens is 3. The Bertz CT molecular complexity index is 596. The minimum absolute atomic E-state index is 0.322. The molecule has 6 heteroatoms. The number of hydrogen-bond acceptors (Lipinski definition) is 3.